The second kappa shape index (κ2) is 4.53. The van der Waals surface area contributed by atoms with Crippen molar-refractivity contribution in [1.29, 1.82) is 0 Å². The van der Waals surface area contributed by atoms with Gasteiger partial charge in [-0.3, -0.25) is 0 Å². The number of nitrogens with one attached hydrogen (secondary N) is 1. The van der Waals surface area contributed by atoms with Gasteiger partial charge in [0, 0.05) is 24.6 Å². The predicted molar refractivity (Wildman–Crippen MR) is 80.4 cm³/mol. The number of oxazole rings is 1. The molecule has 2 heterocycles. The fourth-order valence-corrected chi connectivity index (χ4v) is 3.01. The van der Waals surface area contributed by atoms with Crippen molar-refractivity contribution in [2.75, 3.05) is 11.9 Å². The zero-order chi connectivity index (χ0) is 13.5. The molecule has 1 unspecified atom stereocenters. The van der Waals surface area contributed by atoms with E-state index in [1.54, 1.807) is 0 Å². The van der Waals surface area contributed by atoms with Gasteiger partial charge >= 0.3 is 0 Å². The zero-order valence-corrected chi connectivity index (χ0v) is 11.5. The van der Waals surface area contributed by atoms with Gasteiger partial charge in [-0.1, -0.05) is 35.9 Å². The van der Waals surface area contributed by atoms with Crippen LogP contribution in [0.1, 0.15) is 17.4 Å². The Morgan fingerprint density at radius 3 is 3.00 bits per heavy atom. The molecule has 0 saturated heterocycles. The first-order chi connectivity index (χ1) is 9.81. The average molecular weight is 285 g/mol. The Balaban J connectivity index is 1.67. The van der Waals surface area contributed by atoms with Crippen LogP contribution in [0.25, 0.3) is 11.1 Å². The quantitative estimate of drug-likeness (QED) is 0.765. The molecule has 0 amide bonds. The molecule has 2 aromatic carbocycles. The lowest BCUT2D eigenvalue weighted by Gasteiger charge is -2.06. The molecule has 4 heteroatoms. The number of halogens is 1. The summed E-state index contributed by atoms with van der Waals surface area (Å²) in [5.41, 5.74) is 4.06. The lowest BCUT2D eigenvalue weighted by atomic mass is 9.98. The van der Waals surface area contributed by atoms with Crippen molar-refractivity contribution in [1.82, 2.24) is 4.98 Å². The molecule has 1 atom stereocenters. The maximum absolute atomic E-state index is 6.12. The van der Waals surface area contributed by atoms with Gasteiger partial charge in [0.25, 0.3) is 0 Å². The molecule has 1 N–H and O–H groups in total. The van der Waals surface area contributed by atoms with Gasteiger partial charge in [0.15, 0.2) is 11.5 Å². The van der Waals surface area contributed by atoms with Gasteiger partial charge < -0.3 is 9.73 Å². The Morgan fingerprint density at radius 1 is 1.20 bits per heavy atom. The van der Waals surface area contributed by atoms with E-state index in [0.29, 0.717) is 16.5 Å². The number of anilines is 1. The minimum atomic E-state index is 0.401. The molecule has 0 fully saturated rings. The smallest absolute Gasteiger partial charge is 0.196 e. The van der Waals surface area contributed by atoms with E-state index in [1.165, 1.54) is 11.3 Å². The SMILES string of the molecule is Clc1cccc2nc(CC3CNc4ccccc43)oc12. The molecule has 0 bridgehead atoms. The third-order valence-electron chi connectivity index (χ3n) is 3.77. The first-order valence-electron chi connectivity index (χ1n) is 6.68. The van der Waals surface area contributed by atoms with E-state index in [1.807, 2.05) is 24.3 Å². The molecule has 100 valence electrons. The molecule has 1 aromatic heterocycles. The van der Waals surface area contributed by atoms with Crippen molar-refractivity contribution >= 4 is 28.4 Å². The molecule has 0 saturated carbocycles. The Morgan fingerprint density at radius 2 is 2.10 bits per heavy atom. The van der Waals surface area contributed by atoms with Gasteiger partial charge in [0.1, 0.15) is 5.52 Å². The van der Waals surface area contributed by atoms with Crippen molar-refractivity contribution < 1.29 is 4.42 Å². The number of benzene rings is 2. The van der Waals surface area contributed by atoms with Crippen molar-refractivity contribution in [3.63, 3.8) is 0 Å². The van der Waals surface area contributed by atoms with E-state index in [-0.39, 0.29) is 0 Å². The highest BCUT2D eigenvalue weighted by Crippen LogP contribution is 2.34. The molecular weight excluding hydrogens is 272 g/mol. The molecule has 4 rings (SSSR count). The highest BCUT2D eigenvalue weighted by molar-refractivity contribution is 6.34. The Kier molecular flexibility index (Phi) is 2.67. The van der Waals surface area contributed by atoms with Crippen LogP contribution in [0.4, 0.5) is 5.69 Å². The Labute approximate surface area is 121 Å². The van der Waals surface area contributed by atoms with E-state index >= 15 is 0 Å². The summed E-state index contributed by atoms with van der Waals surface area (Å²) in [6.07, 6.45) is 0.787. The first-order valence-corrected chi connectivity index (χ1v) is 7.06. The lowest BCUT2D eigenvalue weighted by Crippen LogP contribution is -2.05. The predicted octanol–water partition coefficient (Wildman–Crippen LogP) is 4.23. The number of hydrogen-bond acceptors (Lipinski definition) is 3. The fraction of sp³-hybridized carbons (Fsp3) is 0.188. The van der Waals surface area contributed by atoms with Crippen molar-refractivity contribution in [2.24, 2.45) is 0 Å². The molecule has 1 aliphatic heterocycles. The highest BCUT2D eigenvalue weighted by Gasteiger charge is 2.24. The van der Waals surface area contributed by atoms with Crippen molar-refractivity contribution in [3.05, 3.63) is 58.9 Å². The van der Waals surface area contributed by atoms with Gasteiger partial charge in [-0.05, 0) is 23.8 Å². The van der Waals surface area contributed by atoms with Gasteiger partial charge in [-0.25, -0.2) is 4.98 Å². The molecule has 20 heavy (non-hydrogen) atoms. The summed E-state index contributed by atoms with van der Waals surface area (Å²) in [5, 5.41) is 4.04. The minimum absolute atomic E-state index is 0.401. The van der Waals surface area contributed by atoms with Crippen LogP contribution in [0, 0.1) is 0 Å². The second-order valence-electron chi connectivity index (χ2n) is 5.06. The maximum Gasteiger partial charge on any atom is 0.196 e. The van der Waals surface area contributed by atoms with Crippen molar-refractivity contribution in [2.45, 2.75) is 12.3 Å². The summed E-state index contributed by atoms with van der Waals surface area (Å²) in [7, 11) is 0. The first kappa shape index (κ1) is 11.8. The van der Waals surface area contributed by atoms with E-state index in [9.17, 15) is 0 Å². The van der Waals surface area contributed by atoms with Crippen LogP contribution < -0.4 is 5.32 Å². The number of nitrogens with zero attached hydrogens (tertiary/aromatic N) is 1. The van der Waals surface area contributed by atoms with Crippen LogP contribution >= 0.6 is 11.6 Å². The summed E-state index contributed by atoms with van der Waals surface area (Å²) in [6, 6.07) is 14.0. The van der Waals surface area contributed by atoms with Gasteiger partial charge in [0.05, 0.1) is 5.02 Å². The molecule has 0 aliphatic carbocycles. The van der Waals surface area contributed by atoms with Crippen LogP contribution in [0.2, 0.25) is 5.02 Å². The molecule has 0 spiro atoms. The lowest BCUT2D eigenvalue weighted by molar-refractivity contribution is 0.507. The van der Waals surface area contributed by atoms with Crippen LogP contribution in [0.15, 0.2) is 46.9 Å². The summed E-state index contributed by atoms with van der Waals surface area (Å²) in [6.45, 7) is 0.922. The van der Waals surface area contributed by atoms with Crippen molar-refractivity contribution in [3.8, 4) is 0 Å². The van der Waals surface area contributed by atoms with E-state index in [4.69, 9.17) is 16.0 Å². The highest BCUT2D eigenvalue weighted by atomic mass is 35.5. The molecule has 0 radical (unpaired) electrons. The van der Waals surface area contributed by atoms with Crippen LogP contribution in [0.5, 0.6) is 0 Å². The maximum atomic E-state index is 6.12. The monoisotopic (exact) mass is 284 g/mol. The number of para-hydroxylation sites is 2. The number of rotatable bonds is 2. The van der Waals surface area contributed by atoms with E-state index in [0.717, 1.165) is 24.4 Å². The zero-order valence-electron chi connectivity index (χ0n) is 10.8. The average Bonchev–Trinajstić information content (AvgIpc) is 3.05. The summed E-state index contributed by atoms with van der Waals surface area (Å²) in [5.74, 6) is 1.15. The Bertz CT molecular complexity index is 781. The van der Waals surface area contributed by atoms with Crippen LogP contribution in [0.3, 0.4) is 0 Å². The largest absolute Gasteiger partial charge is 0.439 e. The summed E-state index contributed by atoms with van der Waals surface area (Å²) < 4.78 is 5.80. The van der Waals surface area contributed by atoms with Gasteiger partial charge in [-0.15, -0.1) is 0 Å². The van der Waals surface area contributed by atoms with Gasteiger partial charge in [0.2, 0.25) is 0 Å². The molecule has 3 nitrogen and oxygen atoms in total. The number of aromatic nitrogens is 1. The standard InChI is InChI=1S/C16H13ClN2O/c17-12-5-3-7-14-16(12)20-15(19-14)8-10-9-18-13-6-2-1-4-11(10)13/h1-7,10,18H,8-9H2. The Hall–Kier alpha value is -2.00. The topological polar surface area (TPSA) is 38.1 Å². The summed E-state index contributed by atoms with van der Waals surface area (Å²) in [4.78, 5) is 4.53. The minimum Gasteiger partial charge on any atom is -0.439 e. The molecule has 1 aliphatic rings. The number of fused-ring (bicyclic) bond motifs is 2. The van der Waals surface area contributed by atoms with Crippen LogP contribution in [-0.4, -0.2) is 11.5 Å². The number of hydrogen-bond donors (Lipinski definition) is 1. The second-order valence-corrected chi connectivity index (χ2v) is 5.47. The molecular formula is C16H13ClN2O. The van der Waals surface area contributed by atoms with E-state index < -0.39 is 0 Å². The normalized spacial score (nSPS) is 17.1. The van der Waals surface area contributed by atoms with Gasteiger partial charge in [-0.2, -0.15) is 0 Å². The van der Waals surface area contributed by atoms with E-state index in [2.05, 4.69) is 28.5 Å². The third kappa shape index (κ3) is 1.86. The summed E-state index contributed by atoms with van der Waals surface area (Å²) >= 11 is 6.12. The fourth-order valence-electron chi connectivity index (χ4n) is 2.80. The van der Waals surface area contributed by atoms with Crippen LogP contribution in [-0.2, 0) is 6.42 Å². The molecule has 3 aromatic rings. The third-order valence-corrected chi connectivity index (χ3v) is 4.07.